The van der Waals surface area contributed by atoms with Crippen LogP contribution in [0.3, 0.4) is 0 Å². The number of fused-ring (bicyclic) bond motifs is 5. The Balaban J connectivity index is 2.21. The Morgan fingerprint density at radius 2 is 2.18 bits per heavy atom. The number of rotatable bonds is 0. The lowest BCUT2D eigenvalue weighted by molar-refractivity contribution is 0.728. The van der Waals surface area contributed by atoms with Gasteiger partial charge in [0.15, 0.2) is 0 Å². The second-order valence-corrected chi connectivity index (χ2v) is 5.17. The van der Waals surface area contributed by atoms with Crippen molar-refractivity contribution in [3.8, 4) is 0 Å². The van der Waals surface area contributed by atoms with Crippen LogP contribution < -0.4 is 0 Å². The fourth-order valence-corrected chi connectivity index (χ4v) is 3.95. The topological polar surface area (TPSA) is 0 Å². The minimum Gasteiger partial charge on any atom is -0.145 e. The van der Waals surface area contributed by atoms with E-state index in [0.29, 0.717) is 0 Å². The van der Waals surface area contributed by atoms with Crippen molar-refractivity contribution in [3.05, 3.63) is 21.4 Å². The van der Waals surface area contributed by atoms with Gasteiger partial charge in [-0.05, 0) is 49.7 Å². The second-order valence-electron chi connectivity index (χ2n) is 3.88. The van der Waals surface area contributed by atoms with Crippen molar-refractivity contribution in [2.24, 2.45) is 0 Å². The van der Waals surface area contributed by atoms with Gasteiger partial charge in [-0.1, -0.05) is 0 Å². The molecule has 0 radical (unpaired) electrons. The summed E-state index contributed by atoms with van der Waals surface area (Å²) in [4.78, 5) is 3.25. The Labute approximate surface area is 71.2 Å². The van der Waals surface area contributed by atoms with Gasteiger partial charge < -0.3 is 0 Å². The maximum atomic E-state index is 2.42. The molecule has 3 rings (SSSR count). The summed E-state index contributed by atoms with van der Waals surface area (Å²) in [7, 11) is 0. The van der Waals surface area contributed by atoms with Gasteiger partial charge in [0.05, 0.1) is 0 Å². The molecule has 1 aromatic rings. The smallest absolute Gasteiger partial charge is 0.0114 e. The maximum absolute atomic E-state index is 2.42. The molecule has 2 aliphatic carbocycles. The SMILES string of the molecule is Cc1cc2c(s1)[C@H]1CC[C@@H]2C1. The standard InChI is InChI=1S/C10H12S/c1-6-4-9-7-2-3-8(5-7)10(9)11-6/h4,7-8H,2-3,5H2,1H3/t7-,8+/m1/s1. The van der Waals surface area contributed by atoms with Gasteiger partial charge in [0, 0.05) is 9.75 Å². The molecule has 2 atom stereocenters. The Hall–Kier alpha value is -0.300. The van der Waals surface area contributed by atoms with Crippen LogP contribution in [0.1, 0.15) is 46.4 Å². The highest BCUT2D eigenvalue weighted by atomic mass is 32.1. The van der Waals surface area contributed by atoms with E-state index in [9.17, 15) is 0 Å². The lowest BCUT2D eigenvalue weighted by Crippen LogP contribution is -1.91. The number of hydrogen-bond acceptors (Lipinski definition) is 1. The Bertz CT molecular complexity index is 270. The maximum Gasteiger partial charge on any atom is 0.0114 e. The normalized spacial score (nSPS) is 32.8. The summed E-state index contributed by atoms with van der Waals surface area (Å²) in [5.41, 5.74) is 1.71. The molecule has 0 amide bonds. The zero-order valence-electron chi connectivity index (χ0n) is 6.76. The molecule has 1 saturated carbocycles. The third-order valence-electron chi connectivity index (χ3n) is 3.16. The minimum absolute atomic E-state index is 0.958. The molecule has 0 aliphatic heterocycles. The molecule has 0 N–H and O–H groups in total. The van der Waals surface area contributed by atoms with E-state index in [0.717, 1.165) is 11.8 Å². The van der Waals surface area contributed by atoms with E-state index in [1.54, 1.807) is 10.4 Å². The summed E-state index contributed by atoms with van der Waals surface area (Å²) in [6, 6.07) is 2.42. The van der Waals surface area contributed by atoms with Gasteiger partial charge in [-0.15, -0.1) is 11.3 Å². The fourth-order valence-electron chi connectivity index (χ4n) is 2.69. The van der Waals surface area contributed by atoms with Crippen LogP contribution in [0.25, 0.3) is 0 Å². The summed E-state index contributed by atoms with van der Waals surface area (Å²) in [6.07, 6.45) is 4.41. The third kappa shape index (κ3) is 0.698. The van der Waals surface area contributed by atoms with Crippen LogP contribution in [-0.2, 0) is 0 Å². The number of aryl methyl sites for hydroxylation is 1. The molecule has 2 aliphatic rings. The van der Waals surface area contributed by atoms with E-state index in [1.807, 2.05) is 11.3 Å². The van der Waals surface area contributed by atoms with Crippen molar-refractivity contribution in [1.29, 1.82) is 0 Å². The highest BCUT2D eigenvalue weighted by Gasteiger charge is 2.38. The van der Waals surface area contributed by atoms with Gasteiger partial charge in [0.1, 0.15) is 0 Å². The van der Waals surface area contributed by atoms with Crippen molar-refractivity contribution in [1.82, 2.24) is 0 Å². The largest absolute Gasteiger partial charge is 0.145 e. The zero-order chi connectivity index (χ0) is 7.42. The summed E-state index contributed by atoms with van der Waals surface area (Å²) in [5.74, 6) is 1.92. The van der Waals surface area contributed by atoms with E-state index < -0.39 is 0 Å². The van der Waals surface area contributed by atoms with E-state index in [-0.39, 0.29) is 0 Å². The molecule has 2 bridgehead atoms. The molecule has 1 aromatic heterocycles. The summed E-state index contributed by atoms with van der Waals surface area (Å²) >= 11 is 2.04. The van der Waals surface area contributed by atoms with Gasteiger partial charge in [0.2, 0.25) is 0 Å². The van der Waals surface area contributed by atoms with Crippen LogP contribution in [0, 0.1) is 6.92 Å². The molecule has 1 heteroatoms. The van der Waals surface area contributed by atoms with Gasteiger partial charge in [0.25, 0.3) is 0 Å². The van der Waals surface area contributed by atoms with Crippen molar-refractivity contribution >= 4 is 11.3 Å². The van der Waals surface area contributed by atoms with Gasteiger partial charge in [-0.25, -0.2) is 0 Å². The third-order valence-corrected chi connectivity index (χ3v) is 4.39. The van der Waals surface area contributed by atoms with Crippen LogP contribution >= 0.6 is 11.3 Å². The fraction of sp³-hybridized carbons (Fsp3) is 0.600. The van der Waals surface area contributed by atoms with Crippen molar-refractivity contribution in [2.75, 3.05) is 0 Å². The number of hydrogen-bond donors (Lipinski definition) is 0. The molecule has 11 heavy (non-hydrogen) atoms. The predicted octanol–water partition coefficient (Wildman–Crippen LogP) is 3.42. The molecule has 0 aromatic carbocycles. The molecule has 0 saturated heterocycles. The number of thiophene rings is 1. The first kappa shape index (κ1) is 6.24. The first-order valence-corrected chi connectivity index (χ1v) is 5.26. The van der Waals surface area contributed by atoms with E-state index in [1.165, 1.54) is 24.1 Å². The van der Waals surface area contributed by atoms with E-state index in [4.69, 9.17) is 0 Å². The van der Waals surface area contributed by atoms with Crippen LogP contribution in [-0.4, -0.2) is 0 Å². The first-order valence-electron chi connectivity index (χ1n) is 4.45. The Morgan fingerprint density at radius 3 is 3.00 bits per heavy atom. The van der Waals surface area contributed by atoms with Crippen LogP contribution in [0.5, 0.6) is 0 Å². The lowest BCUT2D eigenvalue weighted by atomic mass is 9.99. The molecule has 0 unspecified atom stereocenters. The van der Waals surface area contributed by atoms with E-state index >= 15 is 0 Å². The molecule has 0 spiro atoms. The second kappa shape index (κ2) is 1.89. The Morgan fingerprint density at radius 1 is 1.36 bits per heavy atom. The first-order chi connectivity index (χ1) is 5.34. The molecular weight excluding hydrogens is 152 g/mol. The molecule has 58 valence electrons. The quantitative estimate of drug-likeness (QED) is 0.551. The van der Waals surface area contributed by atoms with E-state index in [2.05, 4.69) is 13.0 Å². The van der Waals surface area contributed by atoms with Gasteiger partial charge >= 0.3 is 0 Å². The van der Waals surface area contributed by atoms with Crippen molar-refractivity contribution < 1.29 is 0 Å². The molecule has 0 nitrogen and oxygen atoms in total. The van der Waals surface area contributed by atoms with Crippen LogP contribution in [0.2, 0.25) is 0 Å². The average molecular weight is 164 g/mol. The summed E-state index contributed by atoms with van der Waals surface area (Å²) in [5, 5.41) is 0. The highest BCUT2D eigenvalue weighted by molar-refractivity contribution is 7.12. The summed E-state index contributed by atoms with van der Waals surface area (Å²) in [6.45, 7) is 2.24. The monoisotopic (exact) mass is 164 g/mol. The van der Waals surface area contributed by atoms with Crippen molar-refractivity contribution in [3.63, 3.8) is 0 Å². The van der Waals surface area contributed by atoms with Crippen molar-refractivity contribution in [2.45, 2.75) is 38.0 Å². The van der Waals surface area contributed by atoms with Gasteiger partial charge in [-0.2, -0.15) is 0 Å². The Kier molecular flexibility index (Phi) is 1.07. The zero-order valence-corrected chi connectivity index (χ0v) is 7.58. The predicted molar refractivity (Wildman–Crippen MR) is 48.4 cm³/mol. The van der Waals surface area contributed by atoms with Crippen LogP contribution in [0.15, 0.2) is 6.07 Å². The van der Waals surface area contributed by atoms with Crippen LogP contribution in [0.4, 0.5) is 0 Å². The lowest BCUT2D eigenvalue weighted by Gasteiger charge is -2.07. The molecule has 1 heterocycles. The molecule has 1 fully saturated rings. The highest BCUT2D eigenvalue weighted by Crippen LogP contribution is 2.55. The summed E-state index contributed by atoms with van der Waals surface area (Å²) < 4.78 is 0. The minimum atomic E-state index is 0.958. The van der Waals surface area contributed by atoms with Gasteiger partial charge in [-0.3, -0.25) is 0 Å². The molecular formula is C10H12S. The average Bonchev–Trinajstić information content (AvgIpc) is 2.53.